The molecule has 4 nitrogen and oxygen atoms in total. The number of carboxylic acids is 1. The van der Waals surface area contributed by atoms with E-state index in [2.05, 4.69) is 29.2 Å². The fourth-order valence-corrected chi connectivity index (χ4v) is 2.61. The van der Waals surface area contributed by atoms with Crippen molar-refractivity contribution in [2.75, 3.05) is 13.9 Å². The predicted octanol–water partition coefficient (Wildman–Crippen LogP) is 4.28. The van der Waals surface area contributed by atoms with Crippen LogP contribution < -0.4 is 4.74 Å². The van der Waals surface area contributed by atoms with E-state index in [1.807, 2.05) is 18.2 Å². The smallest absolute Gasteiger partial charge is 0.336 e. The van der Waals surface area contributed by atoms with Crippen LogP contribution in [-0.2, 0) is 4.74 Å². The Morgan fingerprint density at radius 1 is 1.27 bits per heavy atom. The minimum absolute atomic E-state index is 0.104. The van der Waals surface area contributed by atoms with E-state index >= 15 is 0 Å². The van der Waals surface area contributed by atoms with Crippen molar-refractivity contribution >= 4 is 34.6 Å². The van der Waals surface area contributed by atoms with Crippen molar-refractivity contribution in [3.8, 4) is 16.9 Å². The van der Waals surface area contributed by atoms with Crippen LogP contribution >= 0.6 is 22.6 Å². The van der Waals surface area contributed by atoms with Gasteiger partial charge in [0.2, 0.25) is 0 Å². The van der Waals surface area contributed by atoms with Crippen LogP contribution in [0, 0.1) is 3.57 Å². The van der Waals surface area contributed by atoms with Crippen molar-refractivity contribution < 1.29 is 19.4 Å². The highest BCUT2D eigenvalue weighted by Gasteiger charge is 2.15. The van der Waals surface area contributed by atoms with Crippen LogP contribution in [0.25, 0.3) is 17.2 Å². The first-order valence-electron chi connectivity index (χ1n) is 6.48. The molecule has 22 heavy (non-hydrogen) atoms. The summed E-state index contributed by atoms with van der Waals surface area (Å²) < 4.78 is 11.3. The zero-order valence-corrected chi connectivity index (χ0v) is 14.2. The number of aromatic carboxylic acids is 1. The van der Waals surface area contributed by atoms with Gasteiger partial charge in [0.05, 0.1) is 5.56 Å². The summed E-state index contributed by atoms with van der Waals surface area (Å²) in [5.41, 5.74) is 2.48. The second-order valence-electron chi connectivity index (χ2n) is 4.50. The number of ether oxygens (including phenoxy) is 2. The summed E-state index contributed by atoms with van der Waals surface area (Å²) in [5, 5.41) is 9.42. The molecular formula is C17H15IO4. The normalized spacial score (nSPS) is 10.3. The van der Waals surface area contributed by atoms with Gasteiger partial charge in [-0.15, -0.1) is 0 Å². The summed E-state index contributed by atoms with van der Waals surface area (Å²) in [4.78, 5) is 11.5. The lowest BCUT2D eigenvalue weighted by molar-refractivity contribution is 0.0511. The molecule has 114 valence electrons. The van der Waals surface area contributed by atoms with Crippen LogP contribution in [0.3, 0.4) is 0 Å². The Hall–Kier alpha value is -1.86. The lowest BCUT2D eigenvalue weighted by atomic mass is 9.95. The number of halogens is 1. The number of hydrogen-bond donors (Lipinski definition) is 1. The van der Waals surface area contributed by atoms with Gasteiger partial charge in [0.25, 0.3) is 0 Å². The fourth-order valence-electron chi connectivity index (χ4n) is 2.10. The Balaban J connectivity index is 2.60. The van der Waals surface area contributed by atoms with Crippen molar-refractivity contribution in [1.82, 2.24) is 0 Å². The average Bonchev–Trinajstić information content (AvgIpc) is 2.52. The van der Waals surface area contributed by atoms with Gasteiger partial charge in [-0.05, 0) is 64.0 Å². The Morgan fingerprint density at radius 3 is 2.68 bits per heavy atom. The molecule has 1 N–H and O–H groups in total. The molecule has 0 saturated carbocycles. The van der Waals surface area contributed by atoms with Crippen molar-refractivity contribution in [1.29, 1.82) is 0 Å². The Labute approximate surface area is 142 Å². The van der Waals surface area contributed by atoms with Crippen molar-refractivity contribution in [2.45, 2.75) is 0 Å². The van der Waals surface area contributed by atoms with Gasteiger partial charge in [0, 0.05) is 16.2 Å². The lowest BCUT2D eigenvalue weighted by Gasteiger charge is -2.13. The zero-order valence-electron chi connectivity index (χ0n) is 12.0. The zero-order chi connectivity index (χ0) is 16.1. The number of carbonyl (C=O) groups is 1. The molecule has 0 radical (unpaired) electrons. The van der Waals surface area contributed by atoms with Gasteiger partial charge in [-0.25, -0.2) is 4.79 Å². The number of hydrogen-bond acceptors (Lipinski definition) is 3. The molecule has 0 amide bonds. The topological polar surface area (TPSA) is 55.8 Å². The van der Waals surface area contributed by atoms with E-state index in [9.17, 15) is 9.90 Å². The molecule has 0 saturated heterocycles. The van der Waals surface area contributed by atoms with E-state index in [-0.39, 0.29) is 12.4 Å². The molecule has 0 fully saturated rings. The van der Waals surface area contributed by atoms with Crippen LogP contribution in [0.15, 0.2) is 43.0 Å². The van der Waals surface area contributed by atoms with Gasteiger partial charge < -0.3 is 14.6 Å². The minimum Gasteiger partial charge on any atom is -0.478 e. The molecule has 0 atom stereocenters. The van der Waals surface area contributed by atoms with E-state index in [1.165, 1.54) is 13.2 Å². The van der Waals surface area contributed by atoms with Crippen LogP contribution in [0.4, 0.5) is 0 Å². The first-order valence-corrected chi connectivity index (χ1v) is 7.56. The highest BCUT2D eigenvalue weighted by atomic mass is 127. The lowest BCUT2D eigenvalue weighted by Crippen LogP contribution is -2.03. The molecule has 2 rings (SSSR count). The van der Waals surface area contributed by atoms with E-state index < -0.39 is 5.97 Å². The number of rotatable bonds is 6. The SMILES string of the molecule is C=Cc1cc(I)ccc1-c1cc(OCOC)ccc1C(=O)O. The summed E-state index contributed by atoms with van der Waals surface area (Å²) >= 11 is 2.21. The monoisotopic (exact) mass is 410 g/mol. The van der Waals surface area contributed by atoms with Crippen molar-refractivity contribution in [2.24, 2.45) is 0 Å². The maximum absolute atomic E-state index is 11.5. The Kier molecular flexibility index (Phi) is 5.57. The third-order valence-corrected chi connectivity index (χ3v) is 3.76. The van der Waals surface area contributed by atoms with Crippen LogP contribution in [0.1, 0.15) is 15.9 Å². The minimum atomic E-state index is -0.984. The number of carboxylic acid groups (broad SMARTS) is 1. The van der Waals surface area contributed by atoms with Gasteiger partial charge in [-0.2, -0.15) is 0 Å². The van der Waals surface area contributed by atoms with Crippen LogP contribution in [0.5, 0.6) is 5.75 Å². The van der Waals surface area contributed by atoms with E-state index in [4.69, 9.17) is 9.47 Å². The third-order valence-electron chi connectivity index (χ3n) is 3.09. The molecule has 0 bridgehead atoms. The highest BCUT2D eigenvalue weighted by Crippen LogP contribution is 2.32. The van der Waals surface area contributed by atoms with Gasteiger partial charge in [-0.3, -0.25) is 0 Å². The maximum Gasteiger partial charge on any atom is 0.336 e. The quantitative estimate of drug-likeness (QED) is 0.571. The molecule has 0 aromatic heterocycles. The molecule has 0 aliphatic heterocycles. The first-order chi connectivity index (χ1) is 10.6. The maximum atomic E-state index is 11.5. The fraction of sp³-hybridized carbons (Fsp3) is 0.118. The van der Waals surface area contributed by atoms with Gasteiger partial charge in [0.1, 0.15) is 5.75 Å². The molecule has 0 unspecified atom stereocenters. The largest absolute Gasteiger partial charge is 0.478 e. The van der Waals surface area contributed by atoms with E-state index in [0.29, 0.717) is 11.3 Å². The van der Waals surface area contributed by atoms with Crippen LogP contribution in [0.2, 0.25) is 0 Å². The summed E-state index contributed by atoms with van der Waals surface area (Å²) in [5.74, 6) is -0.433. The molecule has 0 spiro atoms. The summed E-state index contributed by atoms with van der Waals surface area (Å²) in [6.07, 6.45) is 1.71. The molecule has 0 heterocycles. The summed E-state index contributed by atoms with van der Waals surface area (Å²) in [6, 6.07) is 10.6. The van der Waals surface area contributed by atoms with Gasteiger partial charge >= 0.3 is 5.97 Å². The van der Waals surface area contributed by atoms with Gasteiger partial charge in [0.15, 0.2) is 6.79 Å². The number of benzene rings is 2. The molecule has 0 aliphatic carbocycles. The molecule has 2 aromatic carbocycles. The van der Waals surface area contributed by atoms with E-state index in [0.717, 1.165) is 14.7 Å². The Bertz CT molecular complexity index is 710. The second-order valence-corrected chi connectivity index (χ2v) is 5.74. The standard InChI is InChI=1S/C17H15IO4/c1-3-11-8-12(18)4-6-14(11)16-9-13(22-10-21-2)5-7-15(16)17(19)20/h3-9H,1,10H2,2H3,(H,19,20). The second kappa shape index (κ2) is 7.42. The first kappa shape index (κ1) is 16.5. The van der Waals surface area contributed by atoms with E-state index in [1.54, 1.807) is 18.2 Å². The third kappa shape index (κ3) is 3.66. The molecular weight excluding hydrogens is 395 g/mol. The van der Waals surface area contributed by atoms with Crippen molar-refractivity contribution in [3.05, 3.63) is 57.7 Å². The average molecular weight is 410 g/mol. The number of methoxy groups -OCH3 is 1. The molecule has 0 aliphatic rings. The van der Waals surface area contributed by atoms with Crippen LogP contribution in [-0.4, -0.2) is 25.0 Å². The summed E-state index contributed by atoms with van der Waals surface area (Å²) in [6.45, 7) is 3.91. The summed E-state index contributed by atoms with van der Waals surface area (Å²) in [7, 11) is 1.53. The Morgan fingerprint density at radius 2 is 2.05 bits per heavy atom. The van der Waals surface area contributed by atoms with Gasteiger partial charge in [-0.1, -0.05) is 18.7 Å². The molecule has 5 heteroatoms. The van der Waals surface area contributed by atoms with Crippen molar-refractivity contribution in [3.63, 3.8) is 0 Å². The highest BCUT2D eigenvalue weighted by molar-refractivity contribution is 14.1. The molecule has 2 aromatic rings. The predicted molar refractivity (Wildman–Crippen MR) is 94.1 cm³/mol.